The summed E-state index contributed by atoms with van der Waals surface area (Å²) in [4.78, 5) is 29.2. The lowest BCUT2D eigenvalue weighted by Gasteiger charge is -2.22. The van der Waals surface area contributed by atoms with Crippen molar-refractivity contribution in [3.05, 3.63) is 71.7 Å². The first kappa shape index (κ1) is 19.4. The van der Waals surface area contributed by atoms with Gasteiger partial charge in [0.25, 0.3) is 5.91 Å². The van der Waals surface area contributed by atoms with Crippen LogP contribution in [0.3, 0.4) is 0 Å². The van der Waals surface area contributed by atoms with Crippen LogP contribution in [0.4, 0.5) is 0 Å². The Hall–Kier alpha value is -2.95. The van der Waals surface area contributed by atoms with Gasteiger partial charge < -0.3 is 5.32 Å². The molecule has 1 aliphatic carbocycles. The molecule has 0 atom stereocenters. The van der Waals surface area contributed by atoms with E-state index >= 15 is 0 Å². The van der Waals surface area contributed by atoms with Crippen molar-refractivity contribution >= 4 is 17.3 Å². The predicted molar refractivity (Wildman–Crippen MR) is 113 cm³/mol. The number of imidazole rings is 1. The molecule has 2 heterocycles. The third-order valence-electron chi connectivity index (χ3n) is 5.73. The van der Waals surface area contributed by atoms with Crippen LogP contribution in [0.1, 0.15) is 71.4 Å². The van der Waals surface area contributed by atoms with Crippen LogP contribution in [0.15, 0.2) is 54.9 Å². The largest absolute Gasteiger partial charge is 0.349 e. The van der Waals surface area contributed by atoms with Gasteiger partial charge in [0.15, 0.2) is 5.78 Å². The highest BCUT2D eigenvalue weighted by Gasteiger charge is 2.16. The van der Waals surface area contributed by atoms with Gasteiger partial charge in [-0.1, -0.05) is 37.5 Å². The van der Waals surface area contributed by atoms with Gasteiger partial charge in [-0.15, -0.1) is 0 Å². The average molecular weight is 389 g/mol. The zero-order valence-corrected chi connectivity index (χ0v) is 16.6. The number of nitrogens with zero attached hydrogens (tertiary/aromatic N) is 2. The first-order chi connectivity index (χ1) is 14.2. The van der Waals surface area contributed by atoms with Crippen LogP contribution in [-0.4, -0.2) is 27.1 Å². The van der Waals surface area contributed by atoms with Gasteiger partial charge in [0.05, 0.1) is 6.20 Å². The third-order valence-corrected chi connectivity index (χ3v) is 5.73. The highest BCUT2D eigenvalue weighted by molar-refractivity contribution is 5.95. The van der Waals surface area contributed by atoms with Gasteiger partial charge in [-0.25, -0.2) is 4.98 Å². The minimum Gasteiger partial charge on any atom is -0.349 e. The molecular weight excluding hydrogens is 362 g/mol. The minimum atomic E-state index is 0.0197. The molecule has 0 unspecified atom stereocenters. The van der Waals surface area contributed by atoms with E-state index in [2.05, 4.69) is 10.3 Å². The molecule has 1 aliphatic rings. The number of carbonyl (C=O) groups excluding carboxylic acids is 2. The van der Waals surface area contributed by atoms with Gasteiger partial charge >= 0.3 is 0 Å². The molecule has 0 aliphatic heterocycles. The summed E-state index contributed by atoms with van der Waals surface area (Å²) in [5.41, 5.74) is 3.28. The van der Waals surface area contributed by atoms with Crippen molar-refractivity contribution in [2.24, 2.45) is 0 Å². The maximum Gasteiger partial charge on any atom is 0.251 e. The van der Waals surface area contributed by atoms with E-state index in [-0.39, 0.29) is 11.7 Å². The Balaban J connectivity index is 1.28. The topological polar surface area (TPSA) is 63.5 Å². The number of rotatable bonds is 7. The average Bonchev–Trinajstić information content (AvgIpc) is 3.19. The molecule has 1 fully saturated rings. The molecule has 1 amide bonds. The van der Waals surface area contributed by atoms with Crippen LogP contribution >= 0.6 is 0 Å². The number of fused-ring (bicyclic) bond motifs is 1. The Labute approximate surface area is 171 Å². The van der Waals surface area contributed by atoms with Crippen LogP contribution in [0.5, 0.6) is 0 Å². The Morgan fingerprint density at radius 2 is 1.83 bits per heavy atom. The van der Waals surface area contributed by atoms with E-state index in [1.54, 1.807) is 6.20 Å². The second kappa shape index (κ2) is 9.03. The number of ketones is 1. The number of Topliss-reactive ketones (excluding diaryl/α,β-unsaturated/α-hetero) is 1. The fourth-order valence-corrected chi connectivity index (χ4v) is 4.06. The zero-order valence-electron chi connectivity index (χ0n) is 16.6. The fraction of sp³-hybridized carbons (Fsp3) is 0.375. The number of carbonyl (C=O) groups is 2. The summed E-state index contributed by atoms with van der Waals surface area (Å²) in [5, 5.41) is 3.15. The van der Waals surface area contributed by atoms with Crippen LogP contribution < -0.4 is 5.32 Å². The predicted octanol–water partition coefficient (Wildman–Crippen LogP) is 4.60. The lowest BCUT2D eigenvalue weighted by atomic mass is 9.95. The number of nitrogens with one attached hydrogen (secondary N) is 1. The molecule has 3 aromatic rings. The molecule has 2 aromatic heterocycles. The number of aryl methyl sites for hydroxylation is 1. The normalized spacial score (nSPS) is 14.8. The van der Waals surface area contributed by atoms with Crippen molar-refractivity contribution in [2.75, 3.05) is 0 Å². The SMILES string of the molecule is O=C(NC1CCCCC1)c1ccc(CCCC(=O)c2cnc3ccccn23)cc1. The van der Waals surface area contributed by atoms with E-state index in [0.717, 1.165) is 36.9 Å². The van der Waals surface area contributed by atoms with Gasteiger partial charge in [0.2, 0.25) is 0 Å². The molecule has 29 heavy (non-hydrogen) atoms. The smallest absolute Gasteiger partial charge is 0.251 e. The number of hydrogen-bond acceptors (Lipinski definition) is 3. The molecule has 1 aromatic carbocycles. The molecule has 5 heteroatoms. The van der Waals surface area contributed by atoms with Crippen LogP contribution in [0, 0.1) is 0 Å². The summed E-state index contributed by atoms with van der Waals surface area (Å²) in [6.07, 6.45) is 11.4. The number of pyridine rings is 1. The van der Waals surface area contributed by atoms with Gasteiger partial charge in [0, 0.05) is 24.2 Å². The molecule has 0 spiro atoms. The van der Waals surface area contributed by atoms with Gasteiger partial charge in [-0.05, 0) is 55.5 Å². The van der Waals surface area contributed by atoms with Crippen LogP contribution in [0.2, 0.25) is 0 Å². The van der Waals surface area contributed by atoms with E-state index < -0.39 is 0 Å². The van der Waals surface area contributed by atoms with Crippen molar-refractivity contribution in [3.8, 4) is 0 Å². The molecule has 0 saturated heterocycles. The summed E-state index contributed by atoms with van der Waals surface area (Å²) in [5.74, 6) is 0.124. The highest BCUT2D eigenvalue weighted by Crippen LogP contribution is 2.18. The monoisotopic (exact) mass is 389 g/mol. The van der Waals surface area contributed by atoms with Gasteiger partial charge in [-0.3, -0.25) is 14.0 Å². The van der Waals surface area contributed by atoms with E-state index in [0.29, 0.717) is 23.7 Å². The Kier molecular flexibility index (Phi) is 6.03. The molecule has 0 bridgehead atoms. The van der Waals surface area contributed by atoms with Crippen molar-refractivity contribution in [1.29, 1.82) is 0 Å². The molecule has 150 valence electrons. The number of benzene rings is 1. The summed E-state index contributed by atoms with van der Waals surface area (Å²) in [6, 6.07) is 13.8. The van der Waals surface area contributed by atoms with Gasteiger partial charge in [0.1, 0.15) is 11.3 Å². The van der Waals surface area contributed by atoms with E-state index in [1.165, 1.54) is 19.3 Å². The molecule has 0 radical (unpaired) electrons. The first-order valence-corrected chi connectivity index (χ1v) is 10.6. The van der Waals surface area contributed by atoms with Crippen LogP contribution in [-0.2, 0) is 6.42 Å². The maximum atomic E-state index is 12.5. The molecule has 5 nitrogen and oxygen atoms in total. The highest BCUT2D eigenvalue weighted by atomic mass is 16.1. The second-order valence-corrected chi connectivity index (χ2v) is 7.85. The first-order valence-electron chi connectivity index (χ1n) is 10.6. The molecule has 4 rings (SSSR count). The van der Waals surface area contributed by atoms with Gasteiger partial charge in [-0.2, -0.15) is 0 Å². The van der Waals surface area contributed by atoms with Crippen molar-refractivity contribution in [1.82, 2.24) is 14.7 Å². The minimum absolute atomic E-state index is 0.0197. The van der Waals surface area contributed by atoms with Crippen molar-refractivity contribution < 1.29 is 9.59 Å². The summed E-state index contributed by atoms with van der Waals surface area (Å²) < 4.78 is 1.84. The van der Waals surface area contributed by atoms with E-state index in [1.807, 2.05) is 53.1 Å². The number of aromatic nitrogens is 2. The van der Waals surface area contributed by atoms with E-state index in [4.69, 9.17) is 0 Å². The molecular formula is C24H27N3O2. The molecule has 1 N–H and O–H groups in total. The summed E-state index contributed by atoms with van der Waals surface area (Å²) >= 11 is 0. The van der Waals surface area contributed by atoms with Crippen molar-refractivity contribution in [3.63, 3.8) is 0 Å². The Morgan fingerprint density at radius 3 is 2.62 bits per heavy atom. The summed E-state index contributed by atoms with van der Waals surface area (Å²) in [6.45, 7) is 0. The number of amides is 1. The summed E-state index contributed by atoms with van der Waals surface area (Å²) in [7, 11) is 0. The van der Waals surface area contributed by atoms with E-state index in [9.17, 15) is 9.59 Å². The Bertz CT molecular complexity index is 985. The Morgan fingerprint density at radius 1 is 1.03 bits per heavy atom. The maximum absolute atomic E-state index is 12.5. The fourth-order valence-electron chi connectivity index (χ4n) is 4.06. The lowest BCUT2D eigenvalue weighted by Crippen LogP contribution is -2.36. The zero-order chi connectivity index (χ0) is 20.1. The van der Waals surface area contributed by atoms with Crippen LogP contribution in [0.25, 0.3) is 5.65 Å². The molecule has 1 saturated carbocycles. The van der Waals surface area contributed by atoms with Crippen molar-refractivity contribution in [2.45, 2.75) is 57.4 Å². The quantitative estimate of drug-likeness (QED) is 0.601. The third kappa shape index (κ3) is 4.73. The number of hydrogen-bond donors (Lipinski definition) is 1. The lowest BCUT2D eigenvalue weighted by molar-refractivity contribution is 0.0926. The standard InChI is InChI=1S/C24H27N3O2/c28-22(21-17-25-23-11-4-5-16-27(21)23)10-6-7-18-12-14-19(15-13-18)24(29)26-20-8-2-1-3-9-20/h4-5,11-17,20H,1-3,6-10H2,(H,26,29). The second-order valence-electron chi connectivity index (χ2n) is 7.85.